The maximum absolute atomic E-state index is 8.35. The Balaban J connectivity index is 2.81. The van der Waals surface area contributed by atoms with E-state index in [1.165, 1.54) is 0 Å². The number of hydrogen-bond donors (Lipinski definition) is 0. The molecule has 2 aromatic heterocycles. The molecule has 0 spiro atoms. The van der Waals surface area contributed by atoms with Crippen molar-refractivity contribution in [2.75, 3.05) is 0 Å². The summed E-state index contributed by atoms with van der Waals surface area (Å²) in [6.07, 6.45) is 1.58. The highest BCUT2D eigenvalue weighted by Crippen LogP contribution is 2.22. The summed E-state index contributed by atoms with van der Waals surface area (Å²) in [7, 11) is 0. The van der Waals surface area contributed by atoms with Gasteiger partial charge in [0.25, 0.3) is 0 Å². The Morgan fingerprint density at radius 3 is 3.00 bits per heavy atom. The van der Waals surface area contributed by atoms with Crippen molar-refractivity contribution < 1.29 is 0 Å². The van der Waals surface area contributed by atoms with Crippen molar-refractivity contribution in [1.82, 2.24) is 9.97 Å². The molecule has 5 nitrogen and oxygen atoms in total. The third-order valence-electron chi connectivity index (χ3n) is 1.87. The second-order valence-electron chi connectivity index (χ2n) is 2.84. The second-order valence-corrected chi connectivity index (χ2v) is 2.84. The fourth-order valence-electron chi connectivity index (χ4n) is 1.24. The van der Waals surface area contributed by atoms with Gasteiger partial charge in [0.15, 0.2) is 5.65 Å². The van der Waals surface area contributed by atoms with Gasteiger partial charge in [-0.2, -0.15) is 0 Å². The van der Waals surface area contributed by atoms with E-state index in [1.807, 2.05) is 19.1 Å². The minimum atomic E-state index is 0.560. The highest BCUT2D eigenvalue weighted by atomic mass is 15.1. The highest BCUT2D eigenvalue weighted by Gasteiger charge is 2.00. The largest absolute Gasteiger partial charge is 0.237 e. The molecule has 0 N–H and O–H groups in total. The molecule has 0 aliphatic rings. The lowest BCUT2D eigenvalue weighted by atomic mass is 10.2. The molecule has 0 atom stereocenters. The van der Waals surface area contributed by atoms with Crippen molar-refractivity contribution in [3.63, 3.8) is 0 Å². The summed E-state index contributed by atoms with van der Waals surface area (Å²) in [5.41, 5.74) is 10.4. The van der Waals surface area contributed by atoms with Gasteiger partial charge in [0, 0.05) is 22.2 Å². The molecule has 0 saturated heterocycles. The van der Waals surface area contributed by atoms with Gasteiger partial charge in [-0.3, -0.25) is 0 Å². The topological polar surface area (TPSA) is 74.5 Å². The molecule has 2 heterocycles. The third-order valence-corrected chi connectivity index (χ3v) is 1.87. The molecule has 0 fully saturated rings. The molecule has 0 aromatic carbocycles. The molecule has 14 heavy (non-hydrogen) atoms. The molecule has 5 heteroatoms. The van der Waals surface area contributed by atoms with E-state index in [0.717, 1.165) is 11.1 Å². The maximum atomic E-state index is 8.35. The number of rotatable bonds is 1. The van der Waals surface area contributed by atoms with Gasteiger partial charge in [0.1, 0.15) is 0 Å². The molecule has 68 valence electrons. The number of pyridine rings is 2. The fourth-order valence-corrected chi connectivity index (χ4v) is 1.24. The van der Waals surface area contributed by atoms with Crippen LogP contribution in [0.4, 0.5) is 5.69 Å². The standard InChI is InChI=1S/C9H7N5/c1-6-2-3-7-8(13-14-10)4-5-11-9(7)12-6/h2-5H,1H3. The summed E-state index contributed by atoms with van der Waals surface area (Å²) in [5, 5.41) is 4.34. The minimum Gasteiger partial charge on any atom is -0.237 e. The normalized spacial score (nSPS) is 9.79. The van der Waals surface area contributed by atoms with Gasteiger partial charge in [-0.05, 0) is 30.7 Å². The van der Waals surface area contributed by atoms with Gasteiger partial charge in [-0.25, -0.2) is 9.97 Å². The minimum absolute atomic E-state index is 0.560. The molecule has 0 aliphatic carbocycles. The van der Waals surface area contributed by atoms with E-state index in [9.17, 15) is 0 Å². The average molecular weight is 185 g/mol. The van der Waals surface area contributed by atoms with E-state index in [-0.39, 0.29) is 0 Å². The third kappa shape index (κ3) is 1.36. The molecule has 0 bridgehead atoms. The van der Waals surface area contributed by atoms with Crippen LogP contribution in [0.15, 0.2) is 29.5 Å². The first-order chi connectivity index (χ1) is 6.81. The Labute approximate surface area is 80.1 Å². The molecule has 0 radical (unpaired) electrons. The van der Waals surface area contributed by atoms with Gasteiger partial charge < -0.3 is 0 Å². The Hall–Kier alpha value is -2.13. The number of aromatic nitrogens is 2. The van der Waals surface area contributed by atoms with Crippen LogP contribution in [0.5, 0.6) is 0 Å². The molecule has 0 amide bonds. The molecular formula is C9H7N5. The van der Waals surface area contributed by atoms with Gasteiger partial charge in [0.05, 0.1) is 5.69 Å². The van der Waals surface area contributed by atoms with Crippen LogP contribution in [-0.4, -0.2) is 9.97 Å². The van der Waals surface area contributed by atoms with E-state index in [1.54, 1.807) is 12.3 Å². The van der Waals surface area contributed by atoms with Crippen molar-refractivity contribution in [2.24, 2.45) is 5.11 Å². The number of azide groups is 1. The zero-order chi connectivity index (χ0) is 9.97. The SMILES string of the molecule is Cc1ccc2c(N=[N+]=[N-])ccnc2n1. The first kappa shape index (κ1) is 8.47. The lowest BCUT2D eigenvalue weighted by Crippen LogP contribution is -1.85. The van der Waals surface area contributed by atoms with Crippen LogP contribution in [0.1, 0.15) is 5.69 Å². The van der Waals surface area contributed by atoms with E-state index >= 15 is 0 Å². The van der Waals surface area contributed by atoms with Crippen LogP contribution in [0.25, 0.3) is 21.5 Å². The van der Waals surface area contributed by atoms with Crippen LogP contribution in [0.3, 0.4) is 0 Å². The summed E-state index contributed by atoms with van der Waals surface area (Å²) < 4.78 is 0. The van der Waals surface area contributed by atoms with Gasteiger partial charge in [-0.1, -0.05) is 5.11 Å². The van der Waals surface area contributed by atoms with E-state index < -0.39 is 0 Å². The van der Waals surface area contributed by atoms with Crippen molar-refractivity contribution >= 4 is 16.7 Å². The van der Waals surface area contributed by atoms with Gasteiger partial charge >= 0.3 is 0 Å². The zero-order valence-corrected chi connectivity index (χ0v) is 7.55. The van der Waals surface area contributed by atoms with Crippen LogP contribution < -0.4 is 0 Å². The predicted molar refractivity (Wildman–Crippen MR) is 53.1 cm³/mol. The van der Waals surface area contributed by atoms with Crippen LogP contribution in [0.2, 0.25) is 0 Å². The van der Waals surface area contributed by atoms with Crippen LogP contribution in [-0.2, 0) is 0 Å². The number of aryl methyl sites for hydroxylation is 1. The summed E-state index contributed by atoms with van der Waals surface area (Å²) >= 11 is 0. The monoisotopic (exact) mass is 185 g/mol. The summed E-state index contributed by atoms with van der Waals surface area (Å²) in [6.45, 7) is 1.89. The van der Waals surface area contributed by atoms with Crippen LogP contribution in [0, 0.1) is 6.92 Å². The molecule has 0 unspecified atom stereocenters. The summed E-state index contributed by atoms with van der Waals surface area (Å²) in [6, 6.07) is 5.38. The summed E-state index contributed by atoms with van der Waals surface area (Å²) in [4.78, 5) is 11.1. The van der Waals surface area contributed by atoms with Gasteiger partial charge in [-0.15, -0.1) is 0 Å². The Morgan fingerprint density at radius 2 is 2.21 bits per heavy atom. The van der Waals surface area contributed by atoms with Gasteiger partial charge in [0.2, 0.25) is 0 Å². The number of nitrogens with zero attached hydrogens (tertiary/aromatic N) is 5. The smallest absolute Gasteiger partial charge is 0.159 e. The highest BCUT2D eigenvalue weighted by molar-refractivity contribution is 5.86. The fraction of sp³-hybridized carbons (Fsp3) is 0.111. The zero-order valence-electron chi connectivity index (χ0n) is 7.55. The first-order valence-corrected chi connectivity index (χ1v) is 4.09. The maximum Gasteiger partial charge on any atom is 0.159 e. The average Bonchev–Trinajstić information content (AvgIpc) is 2.18. The van der Waals surface area contributed by atoms with E-state index in [4.69, 9.17) is 5.53 Å². The number of fused-ring (bicyclic) bond motifs is 1. The predicted octanol–water partition coefficient (Wildman–Crippen LogP) is 2.88. The Bertz CT molecular complexity index is 528. The second kappa shape index (κ2) is 3.32. The molecule has 2 aromatic rings. The molecule has 2 rings (SSSR count). The Morgan fingerprint density at radius 1 is 1.36 bits per heavy atom. The van der Waals surface area contributed by atoms with Crippen molar-refractivity contribution in [1.29, 1.82) is 0 Å². The Kier molecular flexibility index (Phi) is 2.01. The lowest BCUT2D eigenvalue weighted by Gasteiger charge is -1.99. The first-order valence-electron chi connectivity index (χ1n) is 4.09. The van der Waals surface area contributed by atoms with E-state index in [0.29, 0.717) is 11.3 Å². The molecular weight excluding hydrogens is 178 g/mol. The summed E-state index contributed by atoms with van der Waals surface area (Å²) in [5.74, 6) is 0. The van der Waals surface area contributed by atoms with E-state index in [2.05, 4.69) is 20.0 Å². The van der Waals surface area contributed by atoms with Crippen molar-refractivity contribution in [2.45, 2.75) is 6.92 Å². The molecule has 0 aliphatic heterocycles. The number of hydrogen-bond acceptors (Lipinski definition) is 3. The quantitative estimate of drug-likeness (QED) is 0.389. The molecule has 0 saturated carbocycles. The van der Waals surface area contributed by atoms with Crippen molar-refractivity contribution in [3.8, 4) is 0 Å². The lowest BCUT2D eigenvalue weighted by molar-refractivity contribution is 1.20. The van der Waals surface area contributed by atoms with Crippen molar-refractivity contribution in [3.05, 3.63) is 40.5 Å². The van der Waals surface area contributed by atoms with Crippen LogP contribution >= 0.6 is 0 Å².